The lowest BCUT2D eigenvalue weighted by molar-refractivity contribution is -0.126. The molecule has 0 spiro atoms. The predicted molar refractivity (Wildman–Crippen MR) is 99.3 cm³/mol. The van der Waals surface area contributed by atoms with E-state index in [2.05, 4.69) is 10.3 Å². The zero-order chi connectivity index (χ0) is 18.7. The third-order valence-corrected chi connectivity index (χ3v) is 4.71. The predicted octanol–water partition coefficient (Wildman–Crippen LogP) is 2.97. The van der Waals surface area contributed by atoms with Crippen LogP contribution in [0.3, 0.4) is 0 Å². The van der Waals surface area contributed by atoms with Crippen LogP contribution in [-0.4, -0.2) is 30.5 Å². The number of nitrogens with zero attached hydrogens (tertiary/aromatic N) is 2. The lowest BCUT2D eigenvalue weighted by Gasteiger charge is -2.20. The third kappa shape index (κ3) is 3.80. The van der Waals surface area contributed by atoms with E-state index >= 15 is 0 Å². The molecule has 0 saturated carbocycles. The molecule has 26 heavy (non-hydrogen) atoms. The molecule has 6 nitrogen and oxygen atoms in total. The maximum Gasteiger partial charge on any atom is 0.227 e. The van der Waals surface area contributed by atoms with Crippen molar-refractivity contribution in [2.75, 3.05) is 18.6 Å². The van der Waals surface area contributed by atoms with Crippen LogP contribution in [-0.2, 0) is 9.59 Å². The number of carbonyl (C=O) groups excluding carboxylic acids is 2. The Morgan fingerprint density at radius 1 is 1.42 bits per heavy atom. The number of rotatable bonds is 5. The topological polar surface area (TPSA) is 71.5 Å². The summed E-state index contributed by atoms with van der Waals surface area (Å²) in [7, 11) is 1.53. The molecule has 1 N–H and O–H groups in total. The average Bonchev–Trinajstić information content (AvgIpc) is 3.04. The minimum Gasteiger partial charge on any atom is -0.495 e. The number of amides is 2. The Bertz CT molecular complexity index is 813. The van der Waals surface area contributed by atoms with E-state index < -0.39 is 5.92 Å². The van der Waals surface area contributed by atoms with Crippen LogP contribution in [0.15, 0.2) is 42.7 Å². The first-order chi connectivity index (χ1) is 12.5. The highest BCUT2D eigenvalue weighted by molar-refractivity contribution is 6.31. The fraction of sp³-hybridized carbons (Fsp3) is 0.316. The number of halogens is 1. The van der Waals surface area contributed by atoms with Crippen molar-refractivity contribution < 1.29 is 14.3 Å². The monoisotopic (exact) mass is 373 g/mol. The van der Waals surface area contributed by atoms with Gasteiger partial charge in [-0.1, -0.05) is 17.7 Å². The number of hydrogen-bond acceptors (Lipinski definition) is 4. The Morgan fingerprint density at radius 2 is 2.23 bits per heavy atom. The summed E-state index contributed by atoms with van der Waals surface area (Å²) in [6, 6.07) is 8.63. The highest BCUT2D eigenvalue weighted by atomic mass is 35.5. The van der Waals surface area contributed by atoms with E-state index in [0.717, 1.165) is 5.56 Å². The number of aromatic nitrogens is 1. The molecule has 1 saturated heterocycles. The van der Waals surface area contributed by atoms with Gasteiger partial charge in [0.15, 0.2) is 0 Å². The number of carbonyl (C=O) groups is 2. The Labute approximate surface area is 157 Å². The second kappa shape index (κ2) is 7.74. The van der Waals surface area contributed by atoms with E-state index in [4.69, 9.17) is 16.3 Å². The van der Waals surface area contributed by atoms with Gasteiger partial charge in [0.1, 0.15) is 5.75 Å². The molecule has 2 atom stereocenters. The molecule has 1 fully saturated rings. The second-order valence-electron chi connectivity index (χ2n) is 6.24. The summed E-state index contributed by atoms with van der Waals surface area (Å²) < 4.78 is 5.32. The summed E-state index contributed by atoms with van der Waals surface area (Å²) in [5, 5.41) is 3.46. The number of ether oxygens (including phenoxy) is 1. The Kier molecular flexibility index (Phi) is 5.42. The number of benzene rings is 1. The van der Waals surface area contributed by atoms with Gasteiger partial charge in [-0.2, -0.15) is 0 Å². The summed E-state index contributed by atoms with van der Waals surface area (Å²) in [6.45, 7) is 2.19. The highest BCUT2D eigenvalue weighted by Crippen LogP contribution is 2.35. The first kappa shape index (κ1) is 18.2. The van der Waals surface area contributed by atoms with E-state index in [1.54, 1.807) is 35.5 Å². The second-order valence-corrected chi connectivity index (χ2v) is 6.67. The Hall–Kier alpha value is -2.60. The normalized spacial score (nSPS) is 17.9. The van der Waals surface area contributed by atoms with Crippen LogP contribution in [0.25, 0.3) is 0 Å². The van der Waals surface area contributed by atoms with Crippen molar-refractivity contribution in [3.8, 4) is 5.75 Å². The van der Waals surface area contributed by atoms with Gasteiger partial charge in [0.25, 0.3) is 0 Å². The molecular weight excluding hydrogens is 354 g/mol. The molecule has 3 rings (SSSR count). The quantitative estimate of drug-likeness (QED) is 0.874. The summed E-state index contributed by atoms with van der Waals surface area (Å²) in [5.74, 6) is -0.157. The van der Waals surface area contributed by atoms with Gasteiger partial charge in [-0.15, -0.1) is 0 Å². The average molecular weight is 374 g/mol. The number of pyridine rings is 1. The smallest absolute Gasteiger partial charge is 0.227 e. The zero-order valence-corrected chi connectivity index (χ0v) is 15.4. The van der Waals surface area contributed by atoms with Crippen LogP contribution < -0.4 is 15.0 Å². The molecule has 2 amide bonds. The van der Waals surface area contributed by atoms with E-state index in [1.165, 1.54) is 7.11 Å². The van der Waals surface area contributed by atoms with Crippen LogP contribution in [0.1, 0.15) is 24.9 Å². The SMILES string of the molecule is COc1ccc(Cl)cc1N1CC(C(=O)NC(C)c2cccnc2)CC1=O. The van der Waals surface area contributed by atoms with Gasteiger partial charge >= 0.3 is 0 Å². The number of methoxy groups -OCH3 is 1. The zero-order valence-electron chi connectivity index (χ0n) is 14.6. The molecule has 1 aromatic carbocycles. The lowest BCUT2D eigenvalue weighted by atomic mass is 10.1. The molecule has 1 aliphatic rings. The molecule has 2 heterocycles. The van der Waals surface area contributed by atoms with Crippen LogP contribution in [0.5, 0.6) is 5.75 Å². The standard InChI is InChI=1S/C19H20ClN3O3/c1-12(13-4-3-7-21-10-13)22-19(25)14-8-18(24)23(11-14)16-9-15(20)5-6-17(16)26-2/h3-7,9-10,12,14H,8,11H2,1-2H3,(H,22,25). The van der Waals surface area contributed by atoms with Gasteiger partial charge < -0.3 is 15.0 Å². The molecule has 0 aliphatic carbocycles. The highest BCUT2D eigenvalue weighted by Gasteiger charge is 2.36. The van der Waals surface area contributed by atoms with Gasteiger partial charge in [-0.25, -0.2) is 0 Å². The fourth-order valence-corrected chi connectivity index (χ4v) is 3.20. The van der Waals surface area contributed by atoms with Crippen molar-refractivity contribution in [3.05, 3.63) is 53.3 Å². The summed E-state index contributed by atoms with van der Waals surface area (Å²) in [6.07, 6.45) is 3.55. The first-order valence-corrected chi connectivity index (χ1v) is 8.71. The van der Waals surface area contributed by atoms with Gasteiger partial charge in [0.2, 0.25) is 11.8 Å². The third-order valence-electron chi connectivity index (χ3n) is 4.47. The minimum absolute atomic E-state index is 0.125. The van der Waals surface area contributed by atoms with Crippen LogP contribution >= 0.6 is 11.6 Å². The number of nitrogens with one attached hydrogen (secondary N) is 1. The molecule has 0 radical (unpaired) electrons. The van der Waals surface area contributed by atoms with Crippen LogP contribution in [0.2, 0.25) is 5.02 Å². The fourth-order valence-electron chi connectivity index (χ4n) is 3.04. The van der Waals surface area contributed by atoms with Crippen molar-refractivity contribution in [3.63, 3.8) is 0 Å². The lowest BCUT2D eigenvalue weighted by Crippen LogP contribution is -2.34. The summed E-state index contributed by atoms with van der Waals surface area (Å²) >= 11 is 6.06. The molecule has 1 aliphatic heterocycles. The molecular formula is C19H20ClN3O3. The molecule has 136 valence electrons. The minimum atomic E-state index is -0.426. The summed E-state index contributed by atoms with van der Waals surface area (Å²) in [5.41, 5.74) is 1.50. The molecule has 1 aromatic heterocycles. The first-order valence-electron chi connectivity index (χ1n) is 8.33. The van der Waals surface area contributed by atoms with Crippen LogP contribution in [0, 0.1) is 5.92 Å². The van der Waals surface area contributed by atoms with E-state index in [0.29, 0.717) is 23.0 Å². The summed E-state index contributed by atoms with van der Waals surface area (Å²) in [4.78, 5) is 30.7. The number of anilines is 1. The van der Waals surface area contributed by atoms with Crippen molar-refractivity contribution in [2.45, 2.75) is 19.4 Å². The van der Waals surface area contributed by atoms with Crippen molar-refractivity contribution in [1.29, 1.82) is 0 Å². The van der Waals surface area contributed by atoms with E-state index in [9.17, 15) is 9.59 Å². The van der Waals surface area contributed by atoms with Gasteiger partial charge in [-0.3, -0.25) is 14.6 Å². The molecule has 2 unspecified atom stereocenters. The molecule has 2 aromatic rings. The molecule has 0 bridgehead atoms. The van der Waals surface area contributed by atoms with E-state index in [-0.39, 0.29) is 24.3 Å². The van der Waals surface area contributed by atoms with Crippen molar-refractivity contribution >= 4 is 29.1 Å². The maximum atomic E-state index is 12.6. The van der Waals surface area contributed by atoms with Gasteiger partial charge in [0, 0.05) is 30.4 Å². The Balaban J connectivity index is 1.71. The van der Waals surface area contributed by atoms with Gasteiger partial charge in [-0.05, 0) is 36.8 Å². The van der Waals surface area contributed by atoms with Crippen molar-refractivity contribution in [2.24, 2.45) is 5.92 Å². The number of hydrogen-bond donors (Lipinski definition) is 1. The van der Waals surface area contributed by atoms with Crippen molar-refractivity contribution in [1.82, 2.24) is 10.3 Å². The largest absolute Gasteiger partial charge is 0.495 e. The Morgan fingerprint density at radius 3 is 2.92 bits per heavy atom. The van der Waals surface area contributed by atoms with E-state index in [1.807, 2.05) is 19.1 Å². The molecule has 7 heteroatoms. The van der Waals surface area contributed by atoms with Crippen LogP contribution in [0.4, 0.5) is 5.69 Å². The maximum absolute atomic E-state index is 12.6. The van der Waals surface area contributed by atoms with Gasteiger partial charge in [0.05, 0.1) is 24.8 Å².